The highest BCUT2D eigenvalue weighted by Crippen LogP contribution is 2.34. The van der Waals surface area contributed by atoms with Crippen molar-refractivity contribution in [1.82, 2.24) is 0 Å². The maximum Gasteiger partial charge on any atom is 0.162 e. The Morgan fingerprint density at radius 2 is 1.45 bits per heavy atom. The van der Waals surface area contributed by atoms with Crippen LogP contribution >= 0.6 is 27.5 Å². The molecule has 0 saturated heterocycles. The third kappa shape index (κ3) is 5.95. The number of para-hydroxylation sites is 2. The fraction of sp³-hybridized carbons (Fsp3) is 0.0741. The fourth-order valence-corrected chi connectivity index (χ4v) is 3.76. The predicted molar refractivity (Wildman–Crippen MR) is 139 cm³/mol. The summed E-state index contributed by atoms with van der Waals surface area (Å²) in [7, 11) is 1.62. The standard InChI is InChI=1S/C27H22BrClN2O2/c1-32-26-16-21(25(28)17-27(26)33-19-20-12-14-22(29)15-13-20)18-30-31(23-8-4-2-5-9-23)24-10-6-3-7-11-24/h2-18H,19H2,1H3. The number of methoxy groups -OCH3 is 1. The van der Waals surface area contributed by atoms with E-state index in [0.717, 1.165) is 27.0 Å². The summed E-state index contributed by atoms with van der Waals surface area (Å²) in [6.07, 6.45) is 1.80. The zero-order valence-corrected chi connectivity index (χ0v) is 20.3. The monoisotopic (exact) mass is 520 g/mol. The van der Waals surface area contributed by atoms with Crippen molar-refractivity contribution in [3.05, 3.63) is 118 Å². The van der Waals surface area contributed by atoms with Crippen molar-refractivity contribution in [2.45, 2.75) is 6.61 Å². The number of anilines is 2. The van der Waals surface area contributed by atoms with E-state index in [1.165, 1.54) is 0 Å². The second-order valence-corrected chi connectivity index (χ2v) is 8.46. The molecule has 4 nitrogen and oxygen atoms in total. The lowest BCUT2D eigenvalue weighted by molar-refractivity contribution is 0.284. The first-order valence-electron chi connectivity index (χ1n) is 10.3. The molecule has 33 heavy (non-hydrogen) atoms. The summed E-state index contributed by atoms with van der Waals surface area (Å²) in [5, 5.41) is 7.36. The van der Waals surface area contributed by atoms with E-state index in [0.29, 0.717) is 23.1 Å². The number of benzene rings is 4. The molecule has 0 aliphatic heterocycles. The van der Waals surface area contributed by atoms with E-state index < -0.39 is 0 Å². The van der Waals surface area contributed by atoms with E-state index in [1.54, 1.807) is 13.3 Å². The van der Waals surface area contributed by atoms with Gasteiger partial charge in [-0.1, -0.05) is 60.1 Å². The number of ether oxygens (including phenoxy) is 2. The first-order valence-corrected chi connectivity index (χ1v) is 11.5. The quantitative estimate of drug-likeness (QED) is 0.175. The van der Waals surface area contributed by atoms with E-state index in [-0.39, 0.29) is 0 Å². The van der Waals surface area contributed by atoms with Gasteiger partial charge in [0, 0.05) is 15.1 Å². The topological polar surface area (TPSA) is 34.1 Å². The highest BCUT2D eigenvalue weighted by atomic mass is 79.9. The minimum Gasteiger partial charge on any atom is -0.493 e. The van der Waals surface area contributed by atoms with E-state index in [9.17, 15) is 0 Å². The van der Waals surface area contributed by atoms with Gasteiger partial charge in [0.15, 0.2) is 11.5 Å². The highest BCUT2D eigenvalue weighted by Gasteiger charge is 2.12. The Morgan fingerprint density at radius 3 is 2.03 bits per heavy atom. The van der Waals surface area contributed by atoms with Gasteiger partial charge < -0.3 is 9.47 Å². The van der Waals surface area contributed by atoms with Crippen LogP contribution in [0.5, 0.6) is 11.5 Å². The molecule has 0 amide bonds. The van der Waals surface area contributed by atoms with Crippen LogP contribution < -0.4 is 14.5 Å². The molecule has 0 saturated carbocycles. The molecule has 0 N–H and O–H groups in total. The molecule has 0 aliphatic carbocycles. The molecule has 166 valence electrons. The van der Waals surface area contributed by atoms with Crippen molar-refractivity contribution in [3.8, 4) is 11.5 Å². The van der Waals surface area contributed by atoms with Gasteiger partial charge in [-0.15, -0.1) is 0 Å². The maximum atomic E-state index is 6.00. The number of nitrogens with zero attached hydrogens (tertiary/aromatic N) is 2. The second kappa shape index (κ2) is 11.0. The first kappa shape index (κ1) is 22.9. The van der Waals surface area contributed by atoms with Crippen molar-refractivity contribution in [1.29, 1.82) is 0 Å². The van der Waals surface area contributed by atoms with Crippen LogP contribution in [0, 0.1) is 0 Å². The van der Waals surface area contributed by atoms with E-state index >= 15 is 0 Å². The molecule has 0 bridgehead atoms. The smallest absolute Gasteiger partial charge is 0.162 e. The number of hydrogen-bond acceptors (Lipinski definition) is 4. The summed E-state index contributed by atoms with van der Waals surface area (Å²) in [6.45, 7) is 0.406. The molecular formula is C27H22BrClN2O2. The zero-order chi connectivity index (χ0) is 23.0. The maximum absolute atomic E-state index is 6.00. The van der Waals surface area contributed by atoms with Crippen LogP contribution in [0.15, 0.2) is 107 Å². The Labute approximate surface area is 207 Å². The van der Waals surface area contributed by atoms with Gasteiger partial charge in [-0.3, -0.25) is 0 Å². The molecule has 0 atom stereocenters. The van der Waals surface area contributed by atoms with Crippen molar-refractivity contribution in [2.24, 2.45) is 5.10 Å². The van der Waals surface area contributed by atoms with E-state index in [4.69, 9.17) is 26.2 Å². The summed E-state index contributed by atoms with van der Waals surface area (Å²) in [6, 6.07) is 31.4. The highest BCUT2D eigenvalue weighted by molar-refractivity contribution is 9.10. The minimum atomic E-state index is 0.406. The van der Waals surface area contributed by atoms with Crippen molar-refractivity contribution in [2.75, 3.05) is 12.1 Å². The number of rotatable bonds is 8. The van der Waals surface area contributed by atoms with Gasteiger partial charge in [0.2, 0.25) is 0 Å². The third-order valence-electron chi connectivity index (χ3n) is 4.90. The van der Waals surface area contributed by atoms with Crippen LogP contribution in [0.4, 0.5) is 11.4 Å². The molecule has 4 rings (SSSR count). The third-order valence-corrected chi connectivity index (χ3v) is 5.84. The lowest BCUT2D eigenvalue weighted by atomic mass is 10.2. The largest absolute Gasteiger partial charge is 0.493 e. The van der Waals surface area contributed by atoms with Gasteiger partial charge in [-0.2, -0.15) is 5.10 Å². The Balaban J connectivity index is 1.59. The molecule has 0 heterocycles. The summed E-state index contributed by atoms with van der Waals surface area (Å²) in [5.74, 6) is 1.26. The normalized spacial score (nSPS) is 10.9. The summed E-state index contributed by atoms with van der Waals surface area (Å²) in [4.78, 5) is 0. The molecule has 4 aromatic rings. The van der Waals surface area contributed by atoms with Crippen molar-refractivity contribution >= 4 is 45.1 Å². The number of halogens is 2. The molecule has 0 radical (unpaired) electrons. The van der Waals surface area contributed by atoms with Crippen LogP contribution in [0.2, 0.25) is 5.02 Å². The number of hydrazone groups is 1. The Morgan fingerprint density at radius 1 is 0.848 bits per heavy atom. The van der Waals surface area contributed by atoms with Crippen molar-refractivity contribution in [3.63, 3.8) is 0 Å². The van der Waals surface area contributed by atoms with Gasteiger partial charge in [-0.25, -0.2) is 5.01 Å². The van der Waals surface area contributed by atoms with E-state index in [2.05, 4.69) is 15.9 Å². The minimum absolute atomic E-state index is 0.406. The molecule has 0 fully saturated rings. The summed E-state index contributed by atoms with van der Waals surface area (Å²) >= 11 is 9.61. The van der Waals surface area contributed by atoms with Gasteiger partial charge in [0.05, 0.1) is 24.7 Å². The molecule has 0 aliphatic rings. The first-order chi connectivity index (χ1) is 16.1. The van der Waals surface area contributed by atoms with Crippen LogP contribution in [0.1, 0.15) is 11.1 Å². The lowest BCUT2D eigenvalue weighted by Gasteiger charge is -2.19. The molecule has 0 spiro atoms. The Bertz CT molecular complexity index is 1180. The lowest BCUT2D eigenvalue weighted by Crippen LogP contribution is -2.09. The predicted octanol–water partition coefficient (Wildman–Crippen LogP) is 7.86. The average molecular weight is 522 g/mol. The fourth-order valence-electron chi connectivity index (χ4n) is 3.20. The molecule has 0 aromatic heterocycles. The molecule has 6 heteroatoms. The zero-order valence-electron chi connectivity index (χ0n) is 18.0. The molecular weight excluding hydrogens is 500 g/mol. The Hall–Kier alpha value is -3.28. The van der Waals surface area contributed by atoms with Crippen LogP contribution in [-0.4, -0.2) is 13.3 Å². The SMILES string of the molecule is COc1cc(C=NN(c2ccccc2)c2ccccc2)c(Br)cc1OCc1ccc(Cl)cc1. The van der Waals surface area contributed by atoms with Gasteiger partial charge in [-0.05, 0) is 70.0 Å². The number of hydrogen-bond donors (Lipinski definition) is 0. The van der Waals surface area contributed by atoms with Crippen molar-refractivity contribution < 1.29 is 9.47 Å². The van der Waals surface area contributed by atoms with Gasteiger partial charge in [0.1, 0.15) is 6.61 Å². The van der Waals surface area contributed by atoms with Crippen LogP contribution in [0.25, 0.3) is 0 Å². The Kier molecular flexibility index (Phi) is 7.66. The van der Waals surface area contributed by atoms with Crippen LogP contribution in [-0.2, 0) is 6.61 Å². The molecule has 4 aromatic carbocycles. The molecule has 0 unspecified atom stereocenters. The summed E-state index contributed by atoms with van der Waals surface area (Å²) < 4.78 is 12.4. The van der Waals surface area contributed by atoms with Crippen LogP contribution in [0.3, 0.4) is 0 Å². The van der Waals surface area contributed by atoms with E-state index in [1.807, 2.05) is 102 Å². The second-order valence-electron chi connectivity index (χ2n) is 7.17. The van der Waals surface area contributed by atoms with Gasteiger partial charge in [0.25, 0.3) is 0 Å². The average Bonchev–Trinajstić information content (AvgIpc) is 2.86. The summed E-state index contributed by atoms with van der Waals surface area (Å²) in [5.41, 5.74) is 3.81. The van der Waals surface area contributed by atoms with Gasteiger partial charge >= 0.3 is 0 Å².